The molecule has 1 aromatic heterocycles. The number of nitrogens with zero attached hydrogens (tertiary/aromatic N) is 3. The smallest absolute Gasteiger partial charge is 0.204 e. The van der Waals surface area contributed by atoms with Crippen molar-refractivity contribution in [2.24, 2.45) is 0 Å². The quantitative estimate of drug-likeness (QED) is 0.898. The Hall–Kier alpha value is -1.55. The van der Waals surface area contributed by atoms with Gasteiger partial charge in [-0.1, -0.05) is 12.1 Å². The number of hydrogen-bond acceptors (Lipinski definition) is 3. The van der Waals surface area contributed by atoms with Crippen molar-refractivity contribution in [1.29, 1.82) is 0 Å². The summed E-state index contributed by atoms with van der Waals surface area (Å²) in [6.07, 6.45) is 1.20. The summed E-state index contributed by atoms with van der Waals surface area (Å²) in [5, 5.41) is 3.59. The van der Waals surface area contributed by atoms with Gasteiger partial charge in [0.25, 0.3) is 0 Å². The number of aromatic nitrogens is 2. The average molecular weight is 244 g/mol. The molecule has 0 spiro atoms. The third-order valence-corrected chi connectivity index (χ3v) is 3.70. The summed E-state index contributed by atoms with van der Waals surface area (Å²) >= 11 is 0. The Bertz CT molecular complexity index is 546. The molecule has 1 aliphatic rings. The summed E-state index contributed by atoms with van der Waals surface area (Å²) in [6.45, 7) is 5.39. The Morgan fingerprint density at radius 1 is 1.39 bits per heavy atom. The topological polar surface area (TPSA) is 33.1 Å². The molecule has 96 valence electrons. The van der Waals surface area contributed by atoms with E-state index in [2.05, 4.69) is 47.0 Å². The molecule has 1 saturated heterocycles. The first-order valence-electron chi connectivity index (χ1n) is 6.68. The molecule has 1 aliphatic heterocycles. The lowest BCUT2D eigenvalue weighted by molar-refractivity contribution is 0.413. The van der Waals surface area contributed by atoms with Crippen molar-refractivity contribution >= 4 is 17.0 Å². The molecule has 0 bridgehead atoms. The predicted molar refractivity (Wildman–Crippen MR) is 74.9 cm³/mol. The molecular formula is C14H20N4. The van der Waals surface area contributed by atoms with Gasteiger partial charge in [0.15, 0.2) is 0 Å². The van der Waals surface area contributed by atoms with Crippen molar-refractivity contribution in [3.63, 3.8) is 0 Å². The highest BCUT2D eigenvalue weighted by atomic mass is 15.2. The van der Waals surface area contributed by atoms with E-state index in [9.17, 15) is 0 Å². The third-order valence-electron chi connectivity index (χ3n) is 3.70. The number of nitrogens with one attached hydrogen (secondary N) is 1. The highest BCUT2D eigenvalue weighted by Crippen LogP contribution is 2.21. The van der Waals surface area contributed by atoms with Gasteiger partial charge < -0.3 is 14.8 Å². The normalized spacial score (nSPS) is 20.7. The van der Waals surface area contributed by atoms with Gasteiger partial charge in [-0.15, -0.1) is 0 Å². The molecule has 2 heterocycles. The van der Waals surface area contributed by atoms with Crippen LogP contribution in [0.3, 0.4) is 0 Å². The standard InChI is InChI=1S/C14H20N4/c1-3-18-13-7-5-4-6-12(13)16-14(18)15-11-8-9-17(2)10-11/h4-7,11H,3,8-10H2,1-2H3,(H,15,16). The van der Waals surface area contributed by atoms with Crippen molar-refractivity contribution in [3.05, 3.63) is 24.3 Å². The zero-order valence-corrected chi connectivity index (χ0v) is 11.1. The van der Waals surface area contributed by atoms with E-state index in [1.807, 2.05) is 6.07 Å². The lowest BCUT2D eigenvalue weighted by Crippen LogP contribution is -2.25. The minimum absolute atomic E-state index is 0.525. The Morgan fingerprint density at radius 2 is 2.22 bits per heavy atom. The van der Waals surface area contributed by atoms with Crippen LogP contribution in [0.25, 0.3) is 11.0 Å². The number of imidazole rings is 1. The van der Waals surface area contributed by atoms with Crippen molar-refractivity contribution in [1.82, 2.24) is 14.5 Å². The number of hydrogen-bond donors (Lipinski definition) is 1. The van der Waals surface area contributed by atoms with Crippen LogP contribution in [0.5, 0.6) is 0 Å². The third kappa shape index (κ3) is 1.97. The van der Waals surface area contributed by atoms with Crippen LogP contribution in [0, 0.1) is 0 Å². The molecule has 1 N–H and O–H groups in total. The highest BCUT2D eigenvalue weighted by molar-refractivity contribution is 5.78. The van der Waals surface area contributed by atoms with Gasteiger partial charge in [0, 0.05) is 19.1 Å². The maximum Gasteiger partial charge on any atom is 0.204 e. The van der Waals surface area contributed by atoms with E-state index < -0.39 is 0 Å². The molecule has 18 heavy (non-hydrogen) atoms. The van der Waals surface area contributed by atoms with Crippen molar-refractivity contribution < 1.29 is 0 Å². The number of fused-ring (bicyclic) bond motifs is 1. The molecule has 1 atom stereocenters. The van der Waals surface area contributed by atoms with Gasteiger partial charge in [-0.25, -0.2) is 4.98 Å². The monoisotopic (exact) mass is 244 g/mol. The molecule has 4 nitrogen and oxygen atoms in total. The van der Waals surface area contributed by atoms with Crippen molar-refractivity contribution in [3.8, 4) is 0 Å². The Balaban J connectivity index is 1.91. The summed E-state index contributed by atoms with van der Waals surface area (Å²) in [5.74, 6) is 1.01. The summed E-state index contributed by atoms with van der Waals surface area (Å²) in [4.78, 5) is 7.06. The molecule has 0 amide bonds. The minimum Gasteiger partial charge on any atom is -0.352 e. The van der Waals surface area contributed by atoms with Crippen molar-refractivity contribution in [2.45, 2.75) is 25.9 Å². The second-order valence-electron chi connectivity index (χ2n) is 5.06. The summed E-state index contributed by atoms with van der Waals surface area (Å²) < 4.78 is 2.26. The number of para-hydroxylation sites is 2. The number of anilines is 1. The molecule has 2 aromatic rings. The van der Waals surface area contributed by atoms with Crippen LogP contribution < -0.4 is 5.32 Å². The lowest BCUT2D eigenvalue weighted by atomic mass is 10.3. The van der Waals surface area contributed by atoms with Gasteiger partial charge >= 0.3 is 0 Å². The number of likely N-dealkylation sites (tertiary alicyclic amines) is 1. The second-order valence-corrected chi connectivity index (χ2v) is 5.06. The SMILES string of the molecule is CCn1c(NC2CCN(C)C2)nc2ccccc21. The largest absolute Gasteiger partial charge is 0.352 e. The lowest BCUT2D eigenvalue weighted by Gasteiger charge is -2.14. The Labute approximate surface area is 108 Å². The Kier molecular flexibility index (Phi) is 2.96. The average Bonchev–Trinajstić information content (AvgIpc) is 2.92. The van der Waals surface area contributed by atoms with Crippen LogP contribution >= 0.6 is 0 Å². The number of rotatable bonds is 3. The predicted octanol–water partition coefficient (Wildman–Crippen LogP) is 2.17. The first-order valence-corrected chi connectivity index (χ1v) is 6.68. The number of benzene rings is 1. The first-order chi connectivity index (χ1) is 8.78. The zero-order valence-electron chi connectivity index (χ0n) is 11.1. The molecule has 0 radical (unpaired) electrons. The van der Waals surface area contributed by atoms with Crippen LogP contribution in [0.2, 0.25) is 0 Å². The minimum atomic E-state index is 0.525. The fraction of sp³-hybridized carbons (Fsp3) is 0.500. The van der Waals surface area contributed by atoms with Crippen LogP contribution in [-0.2, 0) is 6.54 Å². The van der Waals surface area contributed by atoms with Crippen LogP contribution in [0.1, 0.15) is 13.3 Å². The van der Waals surface area contributed by atoms with Crippen LogP contribution in [0.4, 0.5) is 5.95 Å². The Morgan fingerprint density at radius 3 is 2.94 bits per heavy atom. The van der Waals surface area contributed by atoms with Crippen LogP contribution in [-0.4, -0.2) is 40.6 Å². The van der Waals surface area contributed by atoms with E-state index in [0.717, 1.165) is 24.6 Å². The summed E-state index contributed by atoms with van der Waals surface area (Å²) in [6, 6.07) is 8.86. The molecule has 1 aromatic carbocycles. The molecule has 1 unspecified atom stereocenters. The van der Waals surface area contributed by atoms with Gasteiger partial charge in [-0.3, -0.25) is 0 Å². The number of aryl methyl sites for hydroxylation is 1. The summed E-state index contributed by atoms with van der Waals surface area (Å²) in [5.41, 5.74) is 2.29. The maximum absolute atomic E-state index is 4.71. The van der Waals surface area contributed by atoms with E-state index in [1.165, 1.54) is 18.5 Å². The fourth-order valence-electron chi connectivity index (χ4n) is 2.74. The molecule has 1 fully saturated rings. The molecule has 3 rings (SSSR count). The summed E-state index contributed by atoms with van der Waals surface area (Å²) in [7, 11) is 2.17. The van der Waals surface area contributed by atoms with E-state index >= 15 is 0 Å². The van der Waals surface area contributed by atoms with Gasteiger partial charge in [0.2, 0.25) is 5.95 Å². The first kappa shape index (κ1) is 11.5. The molecule has 0 aliphatic carbocycles. The maximum atomic E-state index is 4.71. The van der Waals surface area contributed by atoms with E-state index in [0.29, 0.717) is 6.04 Å². The fourth-order valence-corrected chi connectivity index (χ4v) is 2.74. The zero-order chi connectivity index (χ0) is 12.5. The van der Waals surface area contributed by atoms with Gasteiger partial charge in [0.05, 0.1) is 11.0 Å². The van der Waals surface area contributed by atoms with E-state index in [1.54, 1.807) is 0 Å². The molecular weight excluding hydrogens is 224 g/mol. The van der Waals surface area contributed by atoms with Crippen LogP contribution in [0.15, 0.2) is 24.3 Å². The number of likely N-dealkylation sites (N-methyl/N-ethyl adjacent to an activating group) is 1. The second kappa shape index (κ2) is 4.61. The van der Waals surface area contributed by atoms with E-state index in [-0.39, 0.29) is 0 Å². The molecule has 0 saturated carbocycles. The highest BCUT2D eigenvalue weighted by Gasteiger charge is 2.21. The van der Waals surface area contributed by atoms with E-state index in [4.69, 9.17) is 4.98 Å². The molecule has 4 heteroatoms. The van der Waals surface area contributed by atoms with Gasteiger partial charge in [0.1, 0.15) is 0 Å². The van der Waals surface area contributed by atoms with Gasteiger partial charge in [-0.05, 0) is 39.1 Å². The van der Waals surface area contributed by atoms with Gasteiger partial charge in [-0.2, -0.15) is 0 Å². The van der Waals surface area contributed by atoms with Crippen molar-refractivity contribution in [2.75, 3.05) is 25.5 Å².